The van der Waals surface area contributed by atoms with Crippen LogP contribution in [0.5, 0.6) is 0 Å². The Hall–Kier alpha value is -1.09. The Kier molecular flexibility index (Phi) is 2.44. The minimum absolute atomic E-state index is 0.0807. The van der Waals surface area contributed by atoms with Crippen molar-refractivity contribution < 1.29 is 9.90 Å². The van der Waals surface area contributed by atoms with Crippen LogP contribution < -0.4 is 5.32 Å². The Morgan fingerprint density at radius 3 is 3.18 bits per heavy atom. The van der Waals surface area contributed by atoms with E-state index in [1.165, 1.54) is 6.08 Å². The van der Waals surface area contributed by atoms with Gasteiger partial charge in [-0.25, -0.2) is 0 Å². The van der Waals surface area contributed by atoms with Gasteiger partial charge in [-0.05, 0) is 6.42 Å². The van der Waals surface area contributed by atoms with Crippen LogP contribution in [0.3, 0.4) is 0 Å². The number of aliphatic hydroxyl groups is 1. The number of ketones is 1. The fourth-order valence-electron chi connectivity index (χ4n) is 1.02. The van der Waals surface area contributed by atoms with Gasteiger partial charge in [-0.3, -0.25) is 10.1 Å². The van der Waals surface area contributed by atoms with E-state index in [1.54, 1.807) is 6.08 Å². The third-order valence-corrected chi connectivity index (χ3v) is 1.59. The molecule has 1 aliphatic heterocycles. The number of carbonyl (C=O) groups is 1. The second-order valence-corrected chi connectivity index (χ2v) is 2.49. The Balaban J connectivity index is 2.63. The van der Waals surface area contributed by atoms with Crippen molar-refractivity contribution in [2.45, 2.75) is 12.5 Å². The molecular formula is C8H11NO2. The molecule has 3 nitrogen and oxygen atoms in total. The zero-order valence-electron chi connectivity index (χ0n) is 6.21. The summed E-state index contributed by atoms with van der Waals surface area (Å²) >= 11 is 0. The lowest BCUT2D eigenvalue weighted by molar-refractivity contribution is -0.114. The summed E-state index contributed by atoms with van der Waals surface area (Å²) in [7, 11) is 0. The van der Waals surface area contributed by atoms with Gasteiger partial charge < -0.3 is 5.11 Å². The lowest BCUT2D eigenvalue weighted by atomic mass is 10.1. The van der Waals surface area contributed by atoms with Gasteiger partial charge in [0, 0.05) is 6.08 Å². The van der Waals surface area contributed by atoms with E-state index in [2.05, 4.69) is 11.9 Å². The van der Waals surface area contributed by atoms with Gasteiger partial charge in [-0.2, -0.15) is 0 Å². The van der Waals surface area contributed by atoms with Gasteiger partial charge in [0.15, 0.2) is 5.78 Å². The highest BCUT2D eigenvalue weighted by atomic mass is 16.3. The normalized spacial score (nSPS) is 24.5. The first-order valence-corrected chi connectivity index (χ1v) is 3.51. The smallest absolute Gasteiger partial charge is 0.172 e. The molecule has 0 radical (unpaired) electrons. The summed E-state index contributed by atoms with van der Waals surface area (Å²) in [5.41, 5.74) is 0. The molecule has 11 heavy (non-hydrogen) atoms. The Morgan fingerprint density at radius 2 is 2.64 bits per heavy atom. The van der Waals surface area contributed by atoms with Gasteiger partial charge in [0.2, 0.25) is 0 Å². The standard InChI is InChI=1S/C8H11NO2/c1-2-3-7-8(11)4-6(10)5-9-7/h2,4,7,9,11H,1,3,5H2. The van der Waals surface area contributed by atoms with Crippen LogP contribution in [-0.2, 0) is 4.79 Å². The van der Waals surface area contributed by atoms with E-state index in [4.69, 9.17) is 0 Å². The van der Waals surface area contributed by atoms with Crippen molar-refractivity contribution in [3.8, 4) is 0 Å². The monoisotopic (exact) mass is 153 g/mol. The van der Waals surface area contributed by atoms with E-state index in [1.807, 2.05) is 0 Å². The molecule has 0 aliphatic carbocycles. The lowest BCUT2D eigenvalue weighted by Crippen LogP contribution is -2.38. The van der Waals surface area contributed by atoms with Crippen LogP contribution in [0, 0.1) is 0 Å². The topological polar surface area (TPSA) is 49.3 Å². The molecule has 0 aromatic rings. The first-order valence-electron chi connectivity index (χ1n) is 3.51. The number of carbonyl (C=O) groups excluding carboxylic acids is 1. The molecule has 3 heteroatoms. The Bertz CT molecular complexity index is 208. The van der Waals surface area contributed by atoms with Crippen LogP contribution >= 0.6 is 0 Å². The van der Waals surface area contributed by atoms with Gasteiger partial charge in [-0.15, -0.1) is 6.58 Å². The second kappa shape index (κ2) is 3.34. The van der Waals surface area contributed by atoms with Crippen LogP contribution in [0.1, 0.15) is 6.42 Å². The molecule has 0 spiro atoms. The quantitative estimate of drug-likeness (QED) is 0.569. The number of rotatable bonds is 2. The van der Waals surface area contributed by atoms with Crippen LogP contribution in [0.25, 0.3) is 0 Å². The maximum absolute atomic E-state index is 10.7. The molecule has 0 aromatic carbocycles. The molecule has 1 heterocycles. The third-order valence-electron chi connectivity index (χ3n) is 1.59. The molecule has 0 aromatic heterocycles. The highest BCUT2D eigenvalue weighted by Gasteiger charge is 2.18. The zero-order chi connectivity index (χ0) is 8.27. The molecule has 0 saturated carbocycles. The molecule has 1 rings (SSSR count). The van der Waals surface area contributed by atoms with Crippen molar-refractivity contribution >= 4 is 5.78 Å². The van der Waals surface area contributed by atoms with E-state index in [-0.39, 0.29) is 17.6 Å². The molecule has 2 N–H and O–H groups in total. The summed E-state index contributed by atoms with van der Waals surface area (Å²) in [6, 6.07) is -0.120. The van der Waals surface area contributed by atoms with Crippen LogP contribution in [0.15, 0.2) is 24.5 Å². The van der Waals surface area contributed by atoms with Gasteiger partial charge in [0.05, 0.1) is 12.6 Å². The summed E-state index contributed by atoms with van der Waals surface area (Å²) < 4.78 is 0. The number of hydrogen-bond donors (Lipinski definition) is 2. The summed E-state index contributed by atoms with van der Waals surface area (Å²) in [6.07, 6.45) is 3.62. The molecule has 1 aliphatic rings. The van der Waals surface area contributed by atoms with Crippen molar-refractivity contribution in [3.63, 3.8) is 0 Å². The molecule has 0 saturated heterocycles. The number of nitrogens with one attached hydrogen (secondary N) is 1. The highest BCUT2D eigenvalue weighted by molar-refractivity contribution is 5.92. The summed E-state index contributed by atoms with van der Waals surface area (Å²) in [6.45, 7) is 3.85. The minimum Gasteiger partial charge on any atom is -0.511 e. The maximum atomic E-state index is 10.7. The van der Waals surface area contributed by atoms with Gasteiger partial charge in [0.25, 0.3) is 0 Å². The van der Waals surface area contributed by atoms with Crippen molar-refractivity contribution in [2.24, 2.45) is 0 Å². The van der Waals surface area contributed by atoms with E-state index < -0.39 is 0 Å². The lowest BCUT2D eigenvalue weighted by Gasteiger charge is -2.19. The Morgan fingerprint density at radius 1 is 1.91 bits per heavy atom. The number of aliphatic hydroxyl groups excluding tert-OH is 1. The average Bonchev–Trinajstić information content (AvgIpc) is 1.95. The van der Waals surface area contributed by atoms with Crippen molar-refractivity contribution in [1.29, 1.82) is 0 Å². The van der Waals surface area contributed by atoms with Crippen LogP contribution in [0.4, 0.5) is 0 Å². The fraction of sp³-hybridized carbons (Fsp3) is 0.375. The summed E-state index contributed by atoms with van der Waals surface area (Å²) in [5.74, 6) is 0.0314. The highest BCUT2D eigenvalue weighted by Crippen LogP contribution is 2.07. The maximum Gasteiger partial charge on any atom is 0.172 e. The second-order valence-electron chi connectivity index (χ2n) is 2.49. The van der Waals surface area contributed by atoms with E-state index in [9.17, 15) is 9.90 Å². The van der Waals surface area contributed by atoms with Gasteiger partial charge in [-0.1, -0.05) is 6.08 Å². The third kappa shape index (κ3) is 1.91. The molecule has 1 unspecified atom stereocenters. The minimum atomic E-state index is -0.120. The largest absolute Gasteiger partial charge is 0.511 e. The van der Waals surface area contributed by atoms with E-state index in [0.717, 1.165) is 0 Å². The van der Waals surface area contributed by atoms with E-state index in [0.29, 0.717) is 13.0 Å². The molecule has 0 bridgehead atoms. The predicted octanol–water partition coefficient (Wildman–Crippen LogP) is 0.545. The first kappa shape index (κ1) is 8.01. The number of hydrogen-bond acceptors (Lipinski definition) is 3. The molecule has 0 amide bonds. The van der Waals surface area contributed by atoms with Crippen molar-refractivity contribution in [2.75, 3.05) is 6.54 Å². The first-order chi connectivity index (χ1) is 5.24. The SMILES string of the molecule is C=CCC1NCC(=O)C=C1O. The van der Waals surface area contributed by atoms with Crippen molar-refractivity contribution in [3.05, 3.63) is 24.5 Å². The molecular weight excluding hydrogens is 142 g/mol. The summed E-state index contributed by atoms with van der Waals surface area (Å²) in [5, 5.41) is 12.1. The molecule has 0 fully saturated rings. The van der Waals surface area contributed by atoms with Gasteiger partial charge in [0.1, 0.15) is 5.76 Å². The average molecular weight is 153 g/mol. The summed E-state index contributed by atoms with van der Waals surface area (Å²) in [4.78, 5) is 10.7. The van der Waals surface area contributed by atoms with E-state index >= 15 is 0 Å². The Labute approximate surface area is 65.4 Å². The molecule has 60 valence electrons. The van der Waals surface area contributed by atoms with Crippen LogP contribution in [0.2, 0.25) is 0 Å². The van der Waals surface area contributed by atoms with Gasteiger partial charge >= 0.3 is 0 Å². The predicted molar refractivity (Wildman–Crippen MR) is 42.3 cm³/mol. The van der Waals surface area contributed by atoms with Crippen molar-refractivity contribution in [1.82, 2.24) is 5.32 Å². The fourth-order valence-corrected chi connectivity index (χ4v) is 1.02. The zero-order valence-corrected chi connectivity index (χ0v) is 6.21. The molecule has 1 atom stereocenters. The van der Waals surface area contributed by atoms with Crippen LogP contribution in [-0.4, -0.2) is 23.5 Å².